The Balaban J connectivity index is 1.46. The molecule has 0 saturated carbocycles. The Kier molecular flexibility index (Phi) is 4.97. The molecule has 0 aromatic carbocycles. The van der Waals surface area contributed by atoms with Crippen LogP contribution in [0.2, 0.25) is 0 Å². The molecular formula is C16H23N5OS. The summed E-state index contributed by atoms with van der Waals surface area (Å²) in [6.07, 6.45) is 1.78. The van der Waals surface area contributed by atoms with E-state index in [0.717, 1.165) is 44.2 Å². The number of aromatic nitrogens is 2. The van der Waals surface area contributed by atoms with Crippen molar-refractivity contribution in [2.45, 2.75) is 26.4 Å². The van der Waals surface area contributed by atoms with Crippen LogP contribution in [0.3, 0.4) is 0 Å². The predicted molar refractivity (Wildman–Crippen MR) is 91.4 cm³/mol. The molecule has 0 aliphatic carbocycles. The quantitative estimate of drug-likeness (QED) is 0.903. The lowest BCUT2D eigenvalue weighted by atomic mass is 10.3. The second-order valence-electron chi connectivity index (χ2n) is 5.97. The summed E-state index contributed by atoms with van der Waals surface area (Å²) >= 11 is 1.79. The number of urea groups is 1. The SMILES string of the molecule is Cc1cnc([C@@H](C)NC(=O)N2CCN(Cc3cccs3)CC2)[nH]1. The average molecular weight is 333 g/mol. The largest absolute Gasteiger partial charge is 0.344 e. The zero-order chi connectivity index (χ0) is 16.2. The highest BCUT2D eigenvalue weighted by atomic mass is 32.1. The second-order valence-corrected chi connectivity index (χ2v) is 7.00. The number of carbonyl (C=O) groups is 1. The van der Waals surface area contributed by atoms with Crippen LogP contribution in [0.5, 0.6) is 0 Å². The highest BCUT2D eigenvalue weighted by molar-refractivity contribution is 7.09. The third-order valence-electron chi connectivity index (χ3n) is 4.09. The summed E-state index contributed by atoms with van der Waals surface area (Å²) in [6, 6.07) is 4.13. The molecule has 0 spiro atoms. The van der Waals surface area contributed by atoms with Gasteiger partial charge in [0.15, 0.2) is 0 Å². The van der Waals surface area contributed by atoms with Crippen molar-refractivity contribution in [3.05, 3.63) is 40.1 Å². The van der Waals surface area contributed by atoms with Crippen molar-refractivity contribution in [2.75, 3.05) is 26.2 Å². The van der Waals surface area contributed by atoms with Crippen molar-refractivity contribution in [1.29, 1.82) is 0 Å². The highest BCUT2D eigenvalue weighted by Crippen LogP contribution is 2.14. The molecule has 2 N–H and O–H groups in total. The number of carbonyl (C=O) groups excluding carboxylic acids is 1. The minimum atomic E-state index is -0.111. The number of piperazine rings is 1. The second kappa shape index (κ2) is 7.14. The van der Waals surface area contributed by atoms with E-state index in [1.165, 1.54) is 4.88 Å². The minimum absolute atomic E-state index is 0.0117. The van der Waals surface area contributed by atoms with Crippen LogP contribution < -0.4 is 5.32 Å². The van der Waals surface area contributed by atoms with E-state index in [1.807, 2.05) is 18.7 Å². The van der Waals surface area contributed by atoms with Gasteiger partial charge in [0.2, 0.25) is 0 Å². The van der Waals surface area contributed by atoms with Crippen LogP contribution in [-0.2, 0) is 6.54 Å². The molecule has 23 heavy (non-hydrogen) atoms. The predicted octanol–water partition coefficient (Wildman–Crippen LogP) is 2.37. The molecule has 2 aromatic rings. The van der Waals surface area contributed by atoms with Gasteiger partial charge in [0.1, 0.15) is 5.82 Å². The van der Waals surface area contributed by atoms with E-state index in [9.17, 15) is 4.79 Å². The molecule has 3 rings (SSSR count). The van der Waals surface area contributed by atoms with E-state index >= 15 is 0 Å². The maximum atomic E-state index is 12.4. The standard InChI is InChI=1S/C16H23N5OS/c1-12-10-17-15(18-12)13(2)19-16(22)21-7-5-20(6-8-21)11-14-4-3-9-23-14/h3-4,9-10,13H,5-8,11H2,1-2H3,(H,17,18)(H,19,22)/t13-/m1/s1. The van der Waals surface area contributed by atoms with Crippen molar-refractivity contribution in [3.63, 3.8) is 0 Å². The monoisotopic (exact) mass is 333 g/mol. The Bertz CT molecular complexity index is 631. The summed E-state index contributed by atoms with van der Waals surface area (Å²) < 4.78 is 0. The fourth-order valence-electron chi connectivity index (χ4n) is 2.73. The van der Waals surface area contributed by atoms with Gasteiger partial charge in [0.05, 0.1) is 6.04 Å². The lowest BCUT2D eigenvalue weighted by molar-refractivity contribution is 0.134. The first-order chi connectivity index (χ1) is 11.1. The Labute approximate surface area is 140 Å². The average Bonchev–Trinajstić information content (AvgIpc) is 3.19. The van der Waals surface area contributed by atoms with Crippen molar-refractivity contribution in [3.8, 4) is 0 Å². The van der Waals surface area contributed by atoms with E-state index < -0.39 is 0 Å². The molecule has 0 radical (unpaired) electrons. The number of imidazole rings is 1. The maximum Gasteiger partial charge on any atom is 0.318 e. The fraction of sp³-hybridized carbons (Fsp3) is 0.500. The molecule has 3 heterocycles. The number of nitrogens with zero attached hydrogens (tertiary/aromatic N) is 3. The van der Waals surface area contributed by atoms with Crippen LogP contribution >= 0.6 is 11.3 Å². The Morgan fingerprint density at radius 1 is 1.43 bits per heavy atom. The lowest BCUT2D eigenvalue weighted by Gasteiger charge is -2.34. The first kappa shape index (κ1) is 16.0. The highest BCUT2D eigenvalue weighted by Gasteiger charge is 2.23. The Morgan fingerprint density at radius 2 is 2.22 bits per heavy atom. The summed E-state index contributed by atoms with van der Waals surface area (Å²) in [4.78, 5) is 25.5. The van der Waals surface area contributed by atoms with Gasteiger partial charge >= 0.3 is 6.03 Å². The Hall–Kier alpha value is -1.86. The smallest absolute Gasteiger partial charge is 0.318 e. The molecule has 1 aliphatic rings. The fourth-order valence-corrected chi connectivity index (χ4v) is 3.48. The van der Waals surface area contributed by atoms with Gasteiger partial charge in [-0.25, -0.2) is 9.78 Å². The molecule has 1 aliphatic heterocycles. The molecular weight excluding hydrogens is 310 g/mol. The summed E-state index contributed by atoms with van der Waals surface area (Å²) in [6.45, 7) is 8.25. The third-order valence-corrected chi connectivity index (χ3v) is 4.95. The normalized spacial score (nSPS) is 17.2. The van der Waals surface area contributed by atoms with Crippen molar-refractivity contribution < 1.29 is 4.79 Å². The van der Waals surface area contributed by atoms with E-state index in [0.29, 0.717) is 0 Å². The molecule has 2 aromatic heterocycles. The summed E-state index contributed by atoms with van der Waals surface area (Å²) in [5.41, 5.74) is 1.00. The van der Waals surface area contributed by atoms with Crippen LogP contribution in [-0.4, -0.2) is 52.0 Å². The van der Waals surface area contributed by atoms with Gasteiger partial charge in [-0.1, -0.05) is 6.07 Å². The summed E-state index contributed by atoms with van der Waals surface area (Å²) in [5, 5.41) is 5.12. The molecule has 6 nitrogen and oxygen atoms in total. The van der Waals surface area contributed by atoms with Gasteiger partial charge in [0.25, 0.3) is 0 Å². The van der Waals surface area contributed by atoms with Gasteiger partial charge in [-0.15, -0.1) is 11.3 Å². The minimum Gasteiger partial charge on any atom is -0.344 e. The van der Waals surface area contributed by atoms with Crippen LogP contribution in [0, 0.1) is 6.92 Å². The number of hydrogen-bond acceptors (Lipinski definition) is 4. The number of amides is 2. The maximum absolute atomic E-state index is 12.4. The zero-order valence-corrected chi connectivity index (χ0v) is 14.4. The first-order valence-electron chi connectivity index (χ1n) is 7.93. The van der Waals surface area contributed by atoms with Gasteiger partial charge < -0.3 is 15.2 Å². The van der Waals surface area contributed by atoms with Gasteiger partial charge in [-0.3, -0.25) is 4.90 Å². The van der Waals surface area contributed by atoms with E-state index in [-0.39, 0.29) is 12.1 Å². The molecule has 0 unspecified atom stereocenters. The lowest BCUT2D eigenvalue weighted by Crippen LogP contribution is -2.51. The molecule has 1 fully saturated rings. The van der Waals surface area contributed by atoms with Gasteiger partial charge in [-0.2, -0.15) is 0 Å². The zero-order valence-electron chi connectivity index (χ0n) is 13.6. The van der Waals surface area contributed by atoms with Crippen molar-refractivity contribution in [1.82, 2.24) is 25.1 Å². The number of H-pyrrole nitrogens is 1. The van der Waals surface area contributed by atoms with Crippen LogP contribution in [0.25, 0.3) is 0 Å². The van der Waals surface area contributed by atoms with Crippen LogP contribution in [0.15, 0.2) is 23.7 Å². The summed E-state index contributed by atoms with van der Waals surface area (Å²) in [5.74, 6) is 0.798. The molecule has 1 saturated heterocycles. The molecule has 0 bridgehead atoms. The van der Waals surface area contributed by atoms with Crippen molar-refractivity contribution in [2.24, 2.45) is 0 Å². The Morgan fingerprint density at radius 3 is 2.83 bits per heavy atom. The number of thiophene rings is 1. The van der Waals surface area contributed by atoms with Gasteiger partial charge in [0, 0.05) is 49.5 Å². The first-order valence-corrected chi connectivity index (χ1v) is 8.81. The molecule has 1 atom stereocenters. The number of aromatic amines is 1. The molecule has 124 valence electrons. The van der Waals surface area contributed by atoms with Crippen LogP contribution in [0.4, 0.5) is 4.79 Å². The van der Waals surface area contributed by atoms with E-state index in [4.69, 9.17) is 0 Å². The number of nitrogens with one attached hydrogen (secondary N) is 2. The van der Waals surface area contributed by atoms with Crippen molar-refractivity contribution >= 4 is 17.4 Å². The third kappa shape index (κ3) is 4.11. The number of hydrogen-bond donors (Lipinski definition) is 2. The number of aryl methyl sites for hydroxylation is 1. The summed E-state index contributed by atoms with van der Waals surface area (Å²) in [7, 11) is 0. The topological polar surface area (TPSA) is 64.3 Å². The number of rotatable bonds is 4. The van der Waals surface area contributed by atoms with Crippen LogP contribution in [0.1, 0.15) is 29.4 Å². The van der Waals surface area contributed by atoms with E-state index in [1.54, 1.807) is 17.5 Å². The molecule has 7 heteroatoms. The van der Waals surface area contributed by atoms with Gasteiger partial charge in [-0.05, 0) is 25.3 Å². The van der Waals surface area contributed by atoms with E-state index in [2.05, 4.69) is 37.7 Å². The molecule has 2 amide bonds.